The van der Waals surface area contributed by atoms with Crippen molar-refractivity contribution in [1.29, 1.82) is 0 Å². The van der Waals surface area contributed by atoms with E-state index in [0.717, 1.165) is 32.4 Å². The number of benzene rings is 1. The minimum Gasteiger partial charge on any atom is -0.341 e. The molecule has 0 aliphatic carbocycles. The van der Waals surface area contributed by atoms with E-state index in [-0.39, 0.29) is 17.4 Å². The maximum absolute atomic E-state index is 13.7. The lowest BCUT2D eigenvalue weighted by Gasteiger charge is -2.32. The zero-order valence-corrected chi connectivity index (χ0v) is 13.1. The number of halogens is 1. The molecular formula is C17H23FN2O2. The highest BCUT2D eigenvalue weighted by Crippen LogP contribution is 2.14. The van der Waals surface area contributed by atoms with Crippen molar-refractivity contribution in [2.75, 3.05) is 13.1 Å². The predicted octanol–water partition coefficient (Wildman–Crippen LogP) is 2.59. The molecule has 4 nitrogen and oxygen atoms in total. The second-order valence-corrected chi connectivity index (χ2v) is 6.06. The van der Waals surface area contributed by atoms with Crippen molar-refractivity contribution in [2.45, 2.75) is 39.2 Å². The first-order valence-corrected chi connectivity index (χ1v) is 7.85. The Morgan fingerprint density at radius 2 is 1.77 bits per heavy atom. The molecule has 0 spiro atoms. The van der Waals surface area contributed by atoms with E-state index in [0.29, 0.717) is 0 Å². The molecular weight excluding hydrogens is 283 g/mol. The molecule has 1 unspecified atom stereocenters. The third-order valence-corrected chi connectivity index (χ3v) is 4.01. The van der Waals surface area contributed by atoms with Crippen molar-refractivity contribution >= 4 is 11.8 Å². The van der Waals surface area contributed by atoms with Crippen LogP contribution in [0.1, 0.15) is 43.5 Å². The molecule has 1 heterocycles. The first kappa shape index (κ1) is 16.5. The summed E-state index contributed by atoms with van der Waals surface area (Å²) in [6, 6.07) is 5.18. The largest absolute Gasteiger partial charge is 0.341 e. The molecule has 5 heteroatoms. The number of carbonyl (C=O) groups excluding carboxylic acids is 2. The van der Waals surface area contributed by atoms with Gasteiger partial charge in [0.15, 0.2) is 0 Å². The molecule has 0 bridgehead atoms. The first-order chi connectivity index (χ1) is 10.5. The highest BCUT2D eigenvalue weighted by atomic mass is 19.1. The molecule has 1 aromatic rings. The number of hydrogen-bond acceptors (Lipinski definition) is 2. The predicted molar refractivity (Wildman–Crippen MR) is 82.9 cm³/mol. The molecule has 1 atom stereocenters. The van der Waals surface area contributed by atoms with Crippen molar-refractivity contribution in [3.63, 3.8) is 0 Å². The zero-order valence-electron chi connectivity index (χ0n) is 13.1. The first-order valence-electron chi connectivity index (χ1n) is 7.85. The Bertz CT molecular complexity index is 539. The average molecular weight is 306 g/mol. The van der Waals surface area contributed by atoms with E-state index < -0.39 is 17.8 Å². The van der Waals surface area contributed by atoms with Gasteiger partial charge in [0, 0.05) is 13.1 Å². The van der Waals surface area contributed by atoms with Crippen LogP contribution in [0.15, 0.2) is 24.3 Å². The third kappa shape index (κ3) is 3.84. The standard InChI is InChI=1S/C17H23FN2O2/c1-12(2)15(17(22)20-10-6-3-7-11-20)19-16(21)13-8-4-5-9-14(13)18/h4-5,8-9,12,15H,3,6-7,10-11H2,1-2H3,(H,19,21). The summed E-state index contributed by atoms with van der Waals surface area (Å²) in [5.41, 5.74) is -0.0282. The summed E-state index contributed by atoms with van der Waals surface area (Å²) in [5.74, 6) is -1.24. The number of amides is 2. The van der Waals surface area contributed by atoms with E-state index in [9.17, 15) is 14.0 Å². The quantitative estimate of drug-likeness (QED) is 0.929. The normalized spacial score (nSPS) is 16.5. The molecule has 1 aromatic carbocycles. The van der Waals surface area contributed by atoms with Gasteiger partial charge in [0.1, 0.15) is 11.9 Å². The number of nitrogens with zero attached hydrogens (tertiary/aromatic N) is 1. The summed E-state index contributed by atoms with van der Waals surface area (Å²) in [6.45, 7) is 5.23. The van der Waals surface area contributed by atoms with Crippen molar-refractivity contribution in [1.82, 2.24) is 10.2 Å². The fraction of sp³-hybridized carbons (Fsp3) is 0.529. The van der Waals surface area contributed by atoms with Crippen LogP contribution >= 0.6 is 0 Å². The van der Waals surface area contributed by atoms with Crippen LogP contribution in [0.3, 0.4) is 0 Å². The lowest BCUT2D eigenvalue weighted by Crippen LogP contribution is -2.52. The number of likely N-dealkylation sites (tertiary alicyclic amines) is 1. The van der Waals surface area contributed by atoms with E-state index in [1.807, 2.05) is 13.8 Å². The van der Waals surface area contributed by atoms with Crippen molar-refractivity contribution < 1.29 is 14.0 Å². The number of piperidine rings is 1. The Morgan fingerprint density at radius 1 is 1.14 bits per heavy atom. The summed E-state index contributed by atoms with van der Waals surface area (Å²) in [4.78, 5) is 26.7. The van der Waals surface area contributed by atoms with Gasteiger partial charge in [0.25, 0.3) is 5.91 Å². The molecule has 1 saturated heterocycles. The Hall–Kier alpha value is -1.91. The van der Waals surface area contributed by atoms with Crippen molar-refractivity contribution in [3.05, 3.63) is 35.6 Å². The molecule has 0 saturated carbocycles. The Kier molecular flexibility index (Phi) is 5.52. The minimum absolute atomic E-state index is 0.0282. The van der Waals surface area contributed by atoms with Crippen LogP contribution in [0.2, 0.25) is 0 Å². The Morgan fingerprint density at radius 3 is 2.36 bits per heavy atom. The molecule has 120 valence electrons. The van der Waals surface area contributed by atoms with Gasteiger partial charge < -0.3 is 10.2 Å². The van der Waals surface area contributed by atoms with Gasteiger partial charge in [-0.25, -0.2) is 4.39 Å². The molecule has 1 fully saturated rings. The fourth-order valence-electron chi connectivity index (χ4n) is 2.69. The smallest absolute Gasteiger partial charge is 0.254 e. The van der Waals surface area contributed by atoms with Gasteiger partial charge in [0.2, 0.25) is 5.91 Å². The maximum Gasteiger partial charge on any atom is 0.254 e. The fourth-order valence-corrected chi connectivity index (χ4v) is 2.69. The van der Waals surface area contributed by atoms with Gasteiger partial charge in [-0.1, -0.05) is 26.0 Å². The highest BCUT2D eigenvalue weighted by molar-refractivity contribution is 5.97. The summed E-state index contributed by atoms with van der Waals surface area (Å²) in [5, 5.41) is 2.70. The molecule has 1 aliphatic heterocycles. The number of carbonyl (C=O) groups is 2. The molecule has 2 amide bonds. The van der Waals surface area contributed by atoms with Crippen LogP contribution in [-0.2, 0) is 4.79 Å². The summed E-state index contributed by atoms with van der Waals surface area (Å²) in [7, 11) is 0. The van der Waals surface area contributed by atoms with Gasteiger partial charge in [0.05, 0.1) is 5.56 Å². The lowest BCUT2D eigenvalue weighted by atomic mass is 10.0. The average Bonchev–Trinajstić information content (AvgIpc) is 2.52. The van der Waals surface area contributed by atoms with Gasteiger partial charge in [-0.2, -0.15) is 0 Å². The van der Waals surface area contributed by atoms with E-state index in [1.54, 1.807) is 11.0 Å². The van der Waals surface area contributed by atoms with Crippen LogP contribution < -0.4 is 5.32 Å². The SMILES string of the molecule is CC(C)C(NC(=O)c1ccccc1F)C(=O)N1CCCCC1. The lowest BCUT2D eigenvalue weighted by molar-refractivity contribution is -0.135. The maximum atomic E-state index is 13.7. The molecule has 0 aromatic heterocycles. The summed E-state index contributed by atoms with van der Waals surface area (Å²) < 4.78 is 13.7. The second-order valence-electron chi connectivity index (χ2n) is 6.06. The summed E-state index contributed by atoms with van der Waals surface area (Å²) >= 11 is 0. The molecule has 0 radical (unpaired) electrons. The van der Waals surface area contributed by atoms with Crippen LogP contribution in [0.4, 0.5) is 4.39 Å². The molecule has 22 heavy (non-hydrogen) atoms. The number of hydrogen-bond donors (Lipinski definition) is 1. The molecule has 1 N–H and O–H groups in total. The van der Waals surface area contributed by atoms with Crippen molar-refractivity contribution in [3.8, 4) is 0 Å². The van der Waals surface area contributed by atoms with Gasteiger partial charge >= 0.3 is 0 Å². The minimum atomic E-state index is -0.620. The van der Waals surface area contributed by atoms with E-state index >= 15 is 0 Å². The van der Waals surface area contributed by atoms with Crippen LogP contribution in [0.5, 0.6) is 0 Å². The second kappa shape index (κ2) is 7.38. The van der Waals surface area contributed by atoms with Crippen LogP contribution in [0.25, 0.3) is 0 Å². The molecule has 1 aliphatic rings. The van der Waals surface area contributed by atoms with Gasteiger partial charge in [-0.05, 0) is 37.3 Å². The topological polar surface area (TPSA) is 49.4 Å². The van der Waals surface area contributed by atoms with E-state index in [4.69, 9.17) is 0 Å². The zero-order chi connectivity index (χ0) is 16.1. The number of rotatable bonds is 4. The number of nitrogens with one attached hydrogen (secondary N) is 1. The van der Waals surface area contributed by atoms with Crippen LogP contribution in [-0.4, -0.2) is 35.8 Å². The third-order valence-electron chi connectivity index (χ3n) is 4.01. The van der Waals surface area contributed by atoms with E-state index in [2.05, 4.69) is 5.32 Å². The van der Waals surface area contributed by atoms with E-state index in [1.165, 1.54) is 18.2 Å². The highest BCUT2D eigenvalue weighted by Gasteiger charge is 2.30. The van der Waals surface area contributed by atoms with Gasteiger partial charge in [-0.3, -0.25) is 9.59 Å². The molecule has 2 rings (SSSR count). The van der Waals surface area contributed by atoms with Gasteiger partial charge in [-0.15, -0.1) is 0 Å². The van der Waals surface area contributed by atoms with Crippen molar-refractivity contribution in [2.24, 2.45) is 5.92 Å². The monoisotopic (exact) mass is 306 g/mol. The Labute approximate surface area is 130 Å². The van der Waals surface area contributed by atoms with Crippen LogP contribution in [0, 0.1) is 11.7 Å². The Balaban J connectivity index is 2.10. The summed E-state index contributed by atoms with van der Waals surface area (Å²) in [6.07, 6.45) is 3.13.